The minimum Gasteiger partial charge on any atom is -0.322 e. The lowest BCUT2D eigenvalue weighted by Gasteiger charge is -2.05. The van der Waals surface area contributed by atoms with Gasteiger partial charge >= 0.3 is 0 Å². The van der Waals surface area contributed by atoms with Crippen molar-refractivity contribution in [1.29, 1.82) is 5.26 Å². The molecule has 1 aromatic carbocycles. The van der Waals surface area contributed by atoms with Crippen molar-refractivity contribution in [2.24, 2.45) is 0 Å². The normalized spacial score (nSPS) is 10.3. The molecule has 0 radical (unpaired) electrons. The Balaban J connectivity index is 1.87. The van der Waals surface area contributed by atoms with Crippen LogP contribution in [0.2, 0.25) is 0 Å². The minimum atomic E-state index is -0.228. The molecule has 21 heavy (non-hydrogen) atoms. The van der Waals surface area contributed by atoms with Crippen LogP contribution in [0.25, 0.3) is 5.65 Å². The monoisotopic (exact) mass is 276 g/mol. The van der Waals surface area contributed by atoms with Crippen LogP contribution in [-0.2, 0) is 0 Å². The second-order valence-corrected chi connectivity index (χ2v) is 4.71. The molecule has 1 amide bonds. The molecule has 5 nitrogen and oxygen atoms in total. The maximum Gasteiger partial charge on any atom is 0.255 e. The molecule has 0 fully saturated rings. The third-order valence-electron chi connectivity index (χ3n) is 3.09. The van der Waals surface area contributed by atoms with E-state index in [0.29, 0.717) is 16.8 Å². The lowest BCUT2D eigenvalue weighted by atomic mass is 10.2. The van der Waals surface area contributed by atoms with Crippen LogP contribution in [0.1, 0.15) is 21.6 Å². The summed E-state index contributed by atoms with van der Waals surface area (Å²) >= 11 is 0. The van der Waals surface area contributed by atoms with Gasteiger partial charge in [0.1, 0.15) is 5.65 Å². The van der Waals surface area contributed by atoms with E-state index in [4.69, 9.17) is 5.26 Å². The van der Waals surface area contributed by atoms with Gasteiger partial charge in [0.2, 0.25) is 0 Å². The Bertz CT molecular complexity index is 873. The van der Waals surface area contributed by atoms with Crippen molar-refractivity contribution in [3.05, 3.63) is 65.6 Å². The highest BCUT2D eigenvalue weighted by molar-refractivity contribution is 6.04. The first-order valence-electron chi connectivity index (χ1n) is 6.42. The number of anilines is 1. The summed E-state index contributed by atoms with van der Waals surface area (Å²) in [5.41, 5.74) is 3.25. The number of rotatable bonds is 2. The summed E-state index contributed by atoms with van der Waals surface area (Å²) < 4.78 is 1.86. The first kappa shape index (κ1) is 12.9. The predicted octanol–water partition coefficient (Wildman–Crippen LogP) is 2.77. The Morgan fingerprint density at radius 3 is 3.00 bits per heavy atom. The molecule has 0 aliphatic rings. The van der Waals surface area contributed by atoms with Crippen LogP contribution < -0.4 is 5.32 Å². The zero-order valence-corrected chi connectivity index (χ0v) is 11.4. The predicted molar refractivity (Wildman–Crippen MR) is 79.0 cm³/mol. The van der Waals surface area contributed by atoms with E-state index in [9.17, 15) is 4.79 Å². The van der Waals surface area contributed by atoms with E-state index < -0.39 is 0 Å². The van der Waals surface area contributed by atoms with E-state index in [1.54, 1.807) is 42.6 Å². The van der Waals surface area contributed by atoms with Gasteiger partial charge < -0.3 is 9.72 Å². The highest BCUT2D eigenvalue weighted by Crippen LogP contribution is 2.13. The zero-order chi connectivity index (χ0) is 14.8. The van der Waals surface area contributed by atoms with Crippen LogP contribution in [0.15, 0.2) is 48.8 Å². The van der Waals surface area contributed by atoms with Gasteiger partial charge in [-0.3, -0.25) is 4.79 Å². The Kier molecular flexibility index (Phi) is 3.13. The number of aromatic nitrogens is 2. The van der Waals surface area contributed by atoms with E-state index >= 15 is 0 Å². The second kappa shape index (κ2) is 5.10. The fraction of sp³-hybridized carbons (Fsp3) is 0.0625. The number of imidazole rings is 1. The third-order valence-corrected chi connectivity index (χ3v) is 3.09. The number of hydrogen-bond donors (Lipinski definition) is 1. The lowest BCUT2D eigenvalue weighted by Crippen LogP contribution is -2.12. The van der Waals surface area contributed by atoms with E-state index in [1.165, 1.54) is 0 Å². The number of carbonyl (C=O) groups is 1. The molecule has 0 unspecified atom stereocenters. The van der Waals surface area contributed by atoms with Gasteiger partial charge in [-0.05, 0) is 37.3 Å². The largest absolute Gasteiger partial charge is 0.322 e. The summed E-state index contributed by atoms with van der Waals surface area (Å²) in [5.74, 6) is -0.228. The van der Waals surface area contributed by atoms with Crippen molar-refractivity contribution in [2.75, 3.05) is 5.32 Å². The van der Waals surface area contributed by atoms with Gasteiger partial charge in [0, 0.05) is 23.6 Å². The van der Waals surface area contributed by atoms with Crippen molar-refractivity contribution >= 4 is 17.2 Å². The summed E-state index contributed by atoms with van der Waals surface area (Å²) in [6.07, 6.45) is 3.70. The summed E-state index contributed by atoms with van der Waals surface area (Å²) in [6.45, 7) is 1.90. The molecule has 1 N–H and O–H groups in total. The average molecular weight is 276 g/mol. The van der Waals surface area contributed by atoms with Crippen LogP contribution in [-0.4, -0.2) is 15.3 Å². The number of nitrogens with zero attached hydrogens (tertiary/aromatic N) is 3. The smallest absolute Gasteiger partial charge is 0.255 e. The molecule has 3 aromatic rings. The first-order valence-corrected chi connectivity index (χ1v) is 6.42. The molecule has 0 aliphatic heterocycles. The van der Waals surface area contributed by atoms with Crippen LogP contribution in [0, 0.1) is 18.3 Å². The Morgan fingerprint density at radius 1 is 1.33 bits per heavy atom. The molecule has 0 bridgehead atoms. The van der Waals surface area contributed by atoms with E-state index in [1.807, 2.05) is 23.6 Å². The first-order chi connectivity index (χ1) is 10.2. The SMILES string of the molecule is Cc1cn2ccc(C(=O)Nc3cccc(C#N)c3)cc2n1. The molecule has 0 aliphatic carbocycles. The van der Waals surface area contributed by atoms with Crippen LogP contribution >= 0.6 is 0 Å². The number of nitriles is 1. The Labute approximate surface area is 121 Å². The highest BCUT2D eigenvalue weighted by Gasteiger charge is 2.08. The lowest BCUT2D eigenvalue weighted by molar-refractivity contribution is 0.102. The van der Waals surface area contributed by atoms with Gasteiger partial charge in [-0.2, -0.15) is 5.26 Å². The van der Waals surface area contributed by atoms with Crippen molar-refractivity contribution < 1.29 is 4.79 Å². The number of aryl methyl sites for hydroxylation is 1. The molecular weight excluding hydrogens is 264 g/mol. The van der Waals surface area contributed by atoms with E-state index in [0.717, 1.165) is 11.3 Å². The summed E-state index contributed by atoms with van der Waals surface area (Å²) in [7, 11) is 0. The van der Waals surface area contributed by atoms with Gasteiger partial charge in [0.25, 0.3) is 5.91 Å². The molecule has 0 atom stereocenters. The highest BCUT2D eigenvalue weighted by atomic mass is 16.1. The molecule has 2 heterocycles. The molecule has 2 aromatic heterocycles. The fourth-order valence-corrected chi connectivity index (χ4v) is 2.12. The standard InChI is InChI=1S/C16H12N4O/c1-11-10-20-6-5-13(8-15(20)18-11)16(21)19-14-4-2-3-12(7-14)9-17/h2-8,10H,1H3,(H,19,21). The van der Waals surface area contributed by atoms with Gasteiger partial charge in [-0.15, -0.1) is 0 Å². The zero-order valence-electron chi connectivity index (χ0n) is 11.4. The maximum atomic E-state index is 12.2. The van der Waals surface area contributed by atoms with Crippen LogP contribution in [0.4, 0.5) is 5.69 Å². The number of fused-ring (bicyclic) bond motifs is 1. The van der Waals surface area contributed by atoms with Gasteiger partial charge in [-0.25, -0.2) is 4.98 Å². The number of amides is 1. The maximum absolute atomic E-state index is 12.2. The summed E-state index contributed by atoms with van der Waals surface area (Å²) in [5, 5.41) is 11.6. The molecule has 5 heteroatoms. The second-order valence-electron chi connectivity index (χ2n) is 4.71. The van der Waals surface area contributed by atoms with Crippen LogP contribution in [0.3, 0.4) is 0 Å². The molecular formula is C16H12N4O. The number of nitrogens with one attached hydrogen (secondary N) is 1. The number of benzene rings is 1. The van der Waals surface area contributed by atoms with Crippen molar-refractivity contribution in [1.82, 2.24) is 9.38 Å². The number of carbonyl (C=O) groups excluding carboxylic acids is 1. The number of pyridine rings is 1. The van der Waals surface area contributed by atoms with Crippen molar-refractivity contribution in [3.8, 4) is 6.07 Å². The molecule has 0 saturated carbocycles. The fourth-order valence-electron chi connectivity index (χ4n) is 2.12. The Morgan fingerprint density at radius 2 is 2.19 bits per heavy atom. The summed E-state index contributed by atoms with van der Waals surface area (Å²) in [4.78, 5) is 16.6. The average Bonchev–Trinajstić information content (AvgIpc) is 2.86. The molecule has 0 saturated heterocycles. The topological polar surface area (TPSA) is 70.2 Å². The summed E-state index contributed by atoms with van der Waals surface area (Å²) in [6, 6.07) is 12.3. The van der Waals surface area contributed by atoms with Crippen molar-refractivity contribution in [3.63, 3.8) is 0 Å². The van der Waals surface area contributed by atoms with Gasteiger partial charge in [0.05, 0.1) is 17.3 Å². The van der Waals surface area contributed by atoms with Crippen LogP contribution in [0.5, 0.6) is 0 Å². The van der Waals surface area contributed by atoms with Gasteiger partial charge in [-0.1, -0.05) is 6.07 Å². The van der Waals surface area contributed by atoms with E-state index in [2.05, 4.69) is 10.3 Å². The minimum absolute atomic E-state index is 0.228. The van der Waals surface area contributed by atoms with Crippen molar-refractivity contribution in [2.45, 2.75) is 6.92 Å². The molecule has 0 spiro atoms. The van der Waals surface area contributed by atoms with E-state index in [-0.39, 0.29) is 5.91 Å². The quantitative estimate of drug-likeness (QED) is 0.782. The molecule has 3 rings (SSSR count). The molecule has 102 valence electrons. The Hall–Kier alpha value is -3.13. The number of hydrogen-bond acceptors (Lipinski definition) is 3. The third kappa shape index (κ3) is 2.60. The van der Waals surface area contributed by atoms with Gasteiger partial charge in [0.15, 0.2) is 0 Å².